The summed E-state index contributed by atoms with van der Waals surface area (Å²) in [4.78, 5) is 45.2. The number of amides is 2. The lowest BCUT2D eigenvalue weighted by Gasteiger charge is -2.45. The minimum atomic E-state index is -0.566. The lowest BCUT2D eigenvalue weighted by molar-refractivity contribution is -0.142. The summed E-state index contributed by atoms with van der Waals surface area (Å²) in [7, 11) is 0. The van der Waals surface area contributed by atoms with Gasteiger partial charge in [0.25, 0.3) is 11.5 Å². The van der Waals surface area contributed by atoms with Crippen molar-refractivity contribution in [1.82, 2.24) is 19.8 Å². The molecule has 33 heavy (non-hydrogen) atoms. The minimum absolute atomic E-state index is 0.0624. The number of pyridine rings is 2. The summed E-state index contributed by atoms with van der Waals surface area (Å²) in [6.07, 6.45) is 1.55. The molecule has 1 saturated heterocycles. The van der Waals surface area contributed by atoms with E-state index in [4.69, 9.17) is 23.2 Å². The van der Waals surface area contributed by atoms with Crippen molar-refractivity contribution in [1.29, 1.82) is 0 Å². The Kier molecular flexibility index (Phi) is 6.45. The molecule has 3 heterocycles. The molecule has 1 aliphatic heterocycles. The number of alkyl halides is 1. The van der Waals surface area contributed by atoms with Gasteiger partial charge in [0.1, 0.15) is 17.8 Å². The van der Waals surface area contributed by atoms with E-state index in [0.717, 1.165) is 11.1 Å². The van der Waals surface area contributed by atoms with Crippen molar-refractivity contribution in [2.24, 2.45) is 5.41 Å². The van der Waals surface area contributed by atoms with Crippen LogP contribution in [0.1, 0.15) is 35.3 Å². The van der Waals surface area contributed by atoms with E-state index in [0.29, 0.717) is 29.1 Å². The van der Waals surface area contributed by atoms with Gasteiger partial charge in [-0.1, -0.05) is 37.6 Å². The zero-order chi connectivity index (χ0) is 23.8. The van der Waals surface area contributed by atoms with Crippen LogP contribution in [0.3, 0.4) is 0 Å². The average Bonchev–Trinajstić information content (AvgIpc) is 2.77. The topological polar surface area (TPSA) is 84.3 Å². The lowest BCUT2D eigenvalue weighted by Crippen LogP contribution is -2.56. The van der Waals surface area contributed by atoms with Crippen LogP contribution in [0.15, 0.2) is 47.4 Å². The Morgan fingerprint density at radius 1 is 1.15 bits per heavy atom. The van der Waals surface area contributed by atoms with E-state index in [9.17, 15) is 14.4 Å². The maximum atomic E-state index is 13.3. The molecule has 2 amide bonds. The summed E-state index contributed by atoms with van der Waals surface area (Å²) in [5.74, 6) is -0.542. The van der Waals surface area contributed by atoms with Crippen molar-refractivity contribution < 1.29 is 9.59 Å². The van der Waals surface area contributed by atoms with Gasteiger partial charge in [0.05, 0.1) is 0 Å². The Hall–Kier alpha value is -2.90. The number of rotatable bonds is 6. The second-order valence-corrected chi connectivity index (χ2v) is 9.72. The van der Waals surface area contributed by atoms with Crippen LogP contribution < -0.4 is 10.9 Å². The molecule has 1 fully saturated rings. The molecular weight excluding hydrogens is 463 g/mol. The summed E-state index contributed by atoms with van der Waals surface area (Å²) in [5.41, 5.74) is 1.33. The molecule has 7 nitrogen and oxygen atoms in total. The highest BCUT2D eigenvalue weighted by molar-refractivity contribution is 6.30. The maximum absolute atomic E-state index is 13.3. The summed E-state index contributed by atoms with van der Waals surface area (Å²) in [5, 5.41) is 3.94. The molecule has 2 aromatic heterocycles. The second-order valence-electron chi connectivity index (χ2n) is 9.01. The van der Waals surface area contributed by atoms with E-state index in [-0.39, 0.29) is 35.9 Å². The van der Waals surface area contributed by atoms with Gasteiger partial charge in [-0.25, -0.2) is 4.98 Å². The fourth-order valence-corrected chi connectivity index (χ4v) is 4.38. The van der Waals surface area contributed by atoms with E-state index in [2.05, 4.69) is 24.1 Å². The van der Waals surface area contributed by atoms with E-state index in [1.807, 2.05) is 0 Å². The van der Waals surface area contributed by atoms with Crippen molar-refractivity contribution in [2.45, 2.75) is 32.8 Å². The molecule has 0 unspecified atom stereocenters. The number of fused-ring (bicyclic) bond motifs is 1. The molecule has 172 valence electrons. The molecule has 1 N–H and O–H groups in total. The van der Waals surface area contributed by atoms with Crippen LogP contribution in [0.2, 0.25) is 5.02 Å². The van der Waals surface area contributed by atoms with Crippen molar-refractivity contribution in [3.63, 3.8) is 0 Å². The summed E-state index contributed by atoms with van der Waals surface area (Å²) in [6, 6.07) is 10.3. The highest BCUT2D eigenvalue weighted by Gasteiger charge is 2.37. The fraction of sp³-hybridized carbons (Fsp3) is 0.333. The van der Waals surface area contributed by atoms with E-state index in [1.54, 1.807) is 41.4 Å². The third-order valence-corrected chi connectivity index (χ3v) is 6.26. The highest BCUT2D eigenvalue weighted by Crippen LogP contribution is 2.29. The average molecular weight is 487 g/mol. The number of aromatic nitrogens is 2. The van der Waals surface area contributed by atoms with E-state index in [1.165, 1.54) is 10.6 Å². The van der Waals surface area contributed by atoms with Crippen LogP contribution >= 0.6 is 23.2 Å². The monoisotopic (exact) mass is 486 g/mol. The summed E-state index contributed by atoms with van der Waals surface area (Å²) in [6.45, 7) is 5.45. The van der Waals surface area contributed by atoms with Crippen LogP contribution in [0, 0.1) is 5.41 Å². The van der Waals surface area contributed by atoms with E-state index < -0.39 is 11.5 Å². The molecule has 9 heteroatoms. The third kappa shape index (κ3) is 4.89. The Balaban J connectivity index is 1.68. The zero-order valence-corrected chi connectivity index (χ0v) is 19.9. The minimum Gasteiger partial charge on any atom is -0.348 e. The SMILES string of the molecule is CC1(C)CN(C(=O)Cn2c(=O)c(C(=O)NCc3ccc(Cl)cc3)cc3c(CCl)ccnc32)C1. The van der Waals surface area contributed by atoms with Crippen molar-refractivity contribution in [3.8, 4) is 0 Å². The quantitative estimate of drug-likeness (QED) is 0.539. The van der Waals surface area contributed by atoms with Crippen LogP contribution in [-0.4, -0.2) is 39.4 Å². The first-order chi connectivity index (χ1) is 15.7. The molecule has 0 aliphatic carbocycles. The zero-order valence-electron chi connectivity index (χ0n) is 18.4. The Morgan fingerprint density at radius 2 is 1.85 bits per heavy atom. The number of halogens is 2. The summed E-state index contributed by atoms with van der Waals surface area (Å²) < 4.78 is 1.27. The Labute approximate surface area is 201 Å². The summed E-state index contributed by atoms with van der Waals surface area (Å²) >= 11 is 12.0. The molecular formula is C24H24Cl2N4O3. The third-order valence-electron chi connectivity index (χ3n) is 5.72. The van der Waals surface area contributed by atoms with Gasteiger partial charge >= 0.3 is 0 Å². The van der Waals surface area contributed by atoms with Gasteiger partial charge in [0, 0.05) is 42.1 Å². The number of nitrogens with zero attached hydrogens (tertiary/aromatic N) is 3. The molecule has 0 radical (unpaired) electrons. The normalized spacial score (nSPS) is 14.7. The van der Waals surface area contributed by atoms with Crippen LogP contribution in [0.25, 0.3) is 11.0 Å². The number of nitrogens with one attached hydrogen (secondary N) is 1. The van der Waals surface area contributed by atoms with Gasteiger partial charge in [0.15, 0.2) is 0 Å². The van der Waals surface area contributed by atoms with Gasteiger partial charge in [-0.2, -0.15) is 0 Å². The first kappa shape index (κ1) is 23.3. The maximum Gasteiger partial charge on any atom is 0.265 e. The van der Waals surface area contributed by atoms with Crippen molar-refractivity contribution >= 4 is 46.0 Å². The Morgan fingerprint density at radius 3 is 2.48 bits per heavy atom. The van der Waals surface area contributed by atoms with Gasteiger partial charge in [-0.05, 0) is 40.8 Å². The number of benzene rings is 1. The molecule has 0 spiro atoms. The highest BCUT2D eigenvalue weighted by atomic mass is 35.5. The smallest absolute Gasteiger partial charge is 0.265 e. The largest absolute Gasteiger partial charge is 0.348 e. The molecule has 0 atom stereocenters. The molecule has 1 aromatic carbocycles. The van der Waals surface area contributed by atoms with Crippen LogP contribution in [0.4, 0.5) is 0 Å². The van der Waals surface area contributed by atoms with Gasteiger partial charge in [-0.15, -0.1) is 11.6 Å². The lowest BCUT2D eigenvalue weighted by atomic mass is 9.84. The van der Waals surface area contributed by atoms with Crippen LogP contribution in [0.5, 0.6) is 0 Å². The van der Waals surface area contributed by atoms with E-state index >= 15 is 0 Å². The van der Waals surface area contributed by atoms with Crippen LogP contribution in [-0.2, 0) is 23.8 Å². The Bertz CT molecular complexity index is 1280. The standard InChI is InChI=1S/C24H24Cl2N4O3/c1-24(2)13-29(14-24)20(31)12-30-21-18(16(10-25)7-8-27-21)9-19(23(30)33)22(32)28-11-15-3-5-17(26)6-4-15/h3-9H,10-14H2,1-2H3,(H,28,32). The molecule has 4 rings (SSSR count). The van der Waals surface area contributed by atoms with Gasteiger partial charge < -0.3 is 10.2 Å². The predicted octanol–water partition coefficient (Wildman–Crippen LogP) is 3.59. The molecule has 0 saturated carbocycles. The number of carbonyl (C=O) groups excluding carboxylic acids is 2. The number of carbonyl (C=O) groups is 2. The van der Waals surface area contributed by atoms with Gasteiger partial charge in [-0.3, -0.25) is 19.0 Å². The van der Waals surface area contributed by atoms with Crippen molar-refractivity contribution in [3.05, 3.63) is 74.7 Å². The first-order valence-corrected chi connectivity index (χ1v) is 11.5. The van der Waals surface area contributed by atoms with Crippen molar-refractivity contribution in [2.75, 3.05) is 13.1 Å². The second kappa shape index (κ2) is 9.15. The number of hydrogen-bond donors (Lipinski definition) is 1. The first-order valence-electron chi connectivity index (χ1n) is 10.6. The molecule has 0 bridgehead atoms. The van der Waals surface area contributed by atoms with Gasteiger partial charge in [0.2, 0.25) is 5.91 Å². The molecule has 3 aromatic rings. The predicted molar refractivity (Wildman–Crippen MR) is 129 cm³/mol. The number of hydrogen-bond acceptors (Lipinski definition) is 4. The fourth-order valence-electron chi connectivity index (χ4n) is 4.03. The molecule has 1 aliphatic rings. The number of likely N-dealkylation sites (tertiary alicyclic amines) is 1.